The van der Waals surface area contributed by atoms with Crippen molar-refractivity contribution in [3.63, 3.8) is 0 Å². The second-order valence-corrected chi connectivity index (χ2v) is 6.05. The number of nitrogens with one attached hydrogen (secondary N) is 1. The molecule has 0 fully saturated rings. The molecule has 0 spiro atoms. The number of aromatic nitrogens is 2. The maximum absolute atomic E-state index is 12.1. The first-order valence-electron chi connectivity index (χ1n) is 5.68. The molecule has 0 atom stereocenters. The van der Waals surface area contributed by atoms with Crippen LogP contribution in [0.15, 0.2) is 41.6 Å². The second-order valence-electron chi connectivity index (χ2n) is 3.96. The molecule has 110 valence electrons. The van der Waals surface area contributed by atoms with Gasteiger partial charge in [0.25, 0.3) is 0 Å². The molecule has 0 aliphatic heterocycles. The zero-order valence-corrected chi connectivity index (χ0v) is 12.1. The van der Waals surface area contributed by atoms with Crippen molar-refractivity contribution < 1.29 is 18.3 Å². The molecule has 21 heavy (non-hydrogen) atoms. The monoisotopic (exact) mass is 327 g/mol. The zero-order chi connectivity index (χ0) is 15.5. The fourth-order valence-electron chi connectivity index (χ4n) is 1.53. The molecule has 0 aliphatic rings. The summed E-state index contributed by atoms with van der Waals surface area (Å²) < 4.78 is 26.4. The first-order chi connectivity index (χ1) is 9.90. The minimum absolute atomic E-state index is 0.0265. The summed E-state index contributed by atoms with van der Waals surface area (Å²) in [4.78, 5) is 18.3. The lowest BCUT2D eigenvalue weighted by Crippen LogP contribution is -2.24. The molecule has 0 unspecified atom stereocenters. The fourth-order valence-corrected chi connectivity index (χ4v) is 2.98. The number of carboxylic acid groups (broad SMARTS) is 1. The SMILES string of the molecule is O=C(O)c1ccnc(CNS(=O)(=O)c2cccnc2Cl)c1. The Bertz CT molecular complexity index is 780. The third kappa shape index (κ3) is 3.75. The summed E-state index contributed by atoms with van der Waals surface area (Å²) in [7, 11) is -3.85. The van der Waals surface area contributed by atoms with Crippen LogP contribution in [0.1, 0.15) is 16.1 Å². The van der Waals surface area contributed by atoms with Crippen LogP contribution >= 0.6 is 11.6 Å². The maximum atomic E-state index is 12.1. The van der Waals surface area contributed by atoms with E-state index in [2.05, 4.69) is 14.7 Å². The van der Waals surface area contributed by atoms with Gasteiger partial charge in [0.15, 0.2) is 0 Å². The molecular formula is C12H10ClN3O4S. The Labute approximate surface area is 125 Å². The average Bonchev–Trinajstić information content (AvgIpc) is 2.46. The summed E-state index contributed by atoms with van der Waals surface area (Å²) in [6.07, 6.45) is 2.67. The van der Waals surface area contributed by atoms with Crippen LogP contribution in [0.3, 0.4) is 0 Å². The highest BCUT2D eigenvalue weighted by molar-refractivity contribution is 7.89. The summed E-state index contributed by atoms with van der Waals surface area (Å²) in [6, 6.07) is 5.37. The minimum Gasteiger partial charge on any atom is -0.478 e. The Hall–Kier alpha value is -2.03. The largest absolute Gasteiger partial charge is 0.478 e. The summed E-state index contributed by atoms with van der Waals surface area (Å²) in [5, 5.41) is 8.72. The number of carboxylic acids is 1. The summed E-state index contributed by atoms with van der Waals surface area (Å²) in [5.41, 5.74) is 0.303. The van der Waals surface area contributed by atoms with E-state index < -0.39 is 16.0 Å². The predicted molar refractivity (Wildman–Crippen MR) is 74.5 cm³/mol. The molecule has 2 aromatic rings. The van der Waals surface area contributed by atoms with Crippen molar-refractivity contribution in [1.82, 2.24) is 14.7 Å². The Kier molecular flexibility index (Phi) is 4.51. The van der Waals surface area contributed by atoms with E-state index in [4.69, 9.17) is 16.7 Å². The number of pyridine rings is 2. The molecule has 2 N–H and O–H groups in total. The Balaban J connectivity index is 2.18. The molecule has 0 radical (unpaired) electrons. The highest BCUT2D eigenvalue weighted by atomic mass is 35.5. The first kappa shape index (κ1) is 15.4. The lowest BCUT2D eigenvalue weighted by atomic mass is 10.2. The van der Waals surface area contributed by atoms with Crippen LogP contribution in [0.5, 0.6) is 0 Å². The Morgan fingerprint density at radius 2 is 2.05 bits per heavy atom. The van der Waals surface area contributed by atoms with Crippen LogP contribution in [-0.2, 0) is 16.6 Å². The van der Waals surface area contributed by atoms with Crippen LogP contribution in [0, 0.1) is 0 Å². The Morgan fingerprint density at radius 1 is 1.29 bits per heavy atom. The standard InChI is InChI=1S/C12H10ClN3O4S/c13-11-10(2-1-4-15-11)21(19,20)16-7-9-6-8(12(17)18)3-5-14-9/h1-6,16H,7H2,(H,17,18). The van der Waals surface area contributed by atoms with E-state index in [0.29, 0.717) is 0 Å². The van der Waals surface area contributed by atoms with Crippen LogP contribution < -0.4 is 4.72 Å². The molecule has 0 amide bonds. The van der Waals surface area contributed by atoms with Gasteiger partial charge in [0, 0.05) is 12.4 Å². The van der Waals surface area contributed by atoms with Crippen LogP contribution in [0.4, 0.5) is 0 Å². The third-order valence-corrected chi connectivity index (χ3v) is 4.37. The van der Waals surface area contributed by atoms with Gasteiger partial charge < -0.3 is 5.11 Å². The molecule has 7 nitrogen and oxygen atoms in total. The molecule has 0 bridgehead atoms. The number of sulfonamides is 1. The van der Waals surface area contributed by atoms with Gasteiger partial charge in [-0.1, -0.05) is 11.6 Å². The van der Waals surface area contributed by atoms with E-state index in [9.17, 15) is 13.2 Å². The molecule has 2 heterocycles. The highest BCUT2D eigenvalue weighted by Crippen LogP contribution is 2.17. The number of nitrogens with zero attached hydrogens (tertiary/aromatic N) is 2. The molecule has 0 saturated carbocycles. The average molecular weight is 328 g/mol. The molecule has 2 rings (SSSR count). The molecule has 2 aromatic heterocycles. The smallest absolute Gasteiger partial charge is 0.335 e. The van der Waals surface area contributed by atoms with E-state index in [1.54, 1.807) is 0 Å². The normalized spacial score (nSPS) is 11.3. The molecule has 0 aliphatic carbocycles. The van der Waals surface area contributed by atoms with Gasteiger partial charge in [-0.25, -0.2) is 22.9 Å². The summed E-state index contributed by atoms with van der Waals surface area (Å²) >= 11 is 5.73. The molecule has 0 saturated heterocycles. The lowest BCUT2D eigenvalue weighted by molar-refractivity contribution is 0.0696. The maximum Gasteiger partial charge on any atom is 0.335 e. The van der Waals surface area contributed by atoms with Crippen molar-refractivity contribution in [2.75, 3.05) is 0 Å². The Morgan fingerprint density at radius 3 is 2.71 bits per heavy atom. The number of halogens is 1. The highest BCUT2D eigenvalue weighted by Gasteiger charge is 2.18. The van der Waals surface area contributed by atoms with E-state index in [0.717, 1.165) is 0 Å². The number of hydrogen-bond donors (Lipinski definition) is 2. The summed E-state index contributed by atoms with van der Waals surface area (Å²) in [5.74, 6) is -1.11. The van der Waals surface area contributed by atoms with Crippen molar-refractivity contribution in [3.05, 3.63) is 53.1 Å². The lowest BCUT2D eigenvalue weighted by Gasteiger charge is -2.07. The molecule has 9 heteroatoms. The van der Waals surface area contributed by atoms with Crippen molar-refractivity contribution in [1.29, 1.82) is 0 Å². The summed E-state index contributed by atoms with van der Waals surface area (Å²) in [6.45, 7) is -0.158. The molecular weight excluding hydrogens is 318 g/mol. The van der Waals surface area contributed by atoms with Crippen molar-refractivity contribution >= 4 is 27.6 Å². The van der Waals surface area contributed by atoms with E-state index in [1.807, 2.05) is 0 Å². The predicted octanol–water partition coefficient (Wildman–Crippen LogP) is 1.31. The first-order valence-corrected chi connectivity index (χ1v) is 7.54. The second kappa shape index (κ2) is 6.17. The van der Waals surface area contributed by atoms with Crippen LogP contribution in [0.2, 0.25) is 5.15 Å². The van der Waals surface area contributed by atoms with Gasteiger partial charge in [-0.2, -0.15) is 0 Å². The van der Waals surface area contributed by atoms with Gasteiger partial charge in [-0.3, -0.25) is 4.98 Å². The number of aromatic carboxylic acids is 1. The van der Waals surface area contributed by atoms with Crippen LogP contribution in [-0.4, -0.2) is 29.5 Å². The van der Waals surface area contributed by atoms with Gasteiger partial charge in [0.1, 0.15) is 10.0 Å². The van der Waals surface area contributed by atoms with E-state index in [1.165, 1.54) is 36.7 Å². The van der Waals surface area contributed by atoms with Crippen molar-refractivity contribution in [2.45, 2.75) is 11.4 Å². The van der Waals surface area contributed by atoms with Gasteiger partial charge in [-0.05, 0) is 24.3 Å². The topological polar surface area (TPSA) is 109 Å². The quantitative estimate of drug-likeness (QED) is 0.801. The van der Waals surface area contributed by atoms with E-state index >= 15 is 0 Å². The van der Waals surface area contributed by atoms with E-state index in [-0.39, 0.29) is 27.9 Å². The molecule has 0 aromatic carbocycles. The van der Waals surface area contributed by atoms with Gasteiger partial charge in [0.05, 0.1) is 17.8 Å². The number of hydrogen-bond acceptors (Lipinski definition) is 5. The van der Waals surface area contributed by atoms with Crippen LogP contribution in [0.25, 0.3) is 0 Å². The fraction of sp³-hybridized carbons (Fsp3) is 0.0833. The van der Waals surface area contributed by atoms with Gasteiger partial charge in [-0.15, -0.1) is 0 Å². The van der Waals surface area contributed by atoms with Crippen molar-refractivity contribution in [2.24, 2.45) is 0 Å². The van der Waals surface area contributed by atoms with Crippen molar-refractivity contribution in [3.8, 4) is 0 Å². The van der Waals surface area contributed by atoms with Gasteiger partial charge >= 0.3 is 5.97 Å². The van der Waals surface area contributed by atoms with Gasteiger partial charge in [0.2, 0.25) is 10.0 Å². The number of rotatable bonds is 5. The third-order valence-electron chi connectivity index (χ3n) is 2.52. The zero-order valence-electron chi connectivity index (χ0n) is 10.5. The number of carbonyl (C=O) groups is 1. The minimum atomic E-state index is -3.85.